The van der Waals surface area contributed by atoms with Crippen LogP contribution in [0.5, 0.6) is 0 Å². The van der Waals surface area contributed by atoms with Crippen LogP contribution in [0.1, 0.15) is 6.92 Å². The van der Waals surface area contributed by atoms with Gasteiger partial charge in [-0.25, -0.2) is 32.6 Å². The molecule has 4 aromatic rings. The molecule has 0 fully saturated rings. The Morgan fingerprint density at radius 1 is 1.06 bits per heavy atom. The van der Waals surface area contributed by atoms with Crippen LogP contribution in [0.3, 0.4) is 0 Å². The van der Waals surface area contributed by atoms with Gasteiger partial charge in [0.1, 0.15) is 5.69 Å². The first-order valence-electron chi connectivity index (χ1n) is 9.63. The van der Waals surface area contributed by atoms with E-state index in [1.165, 1.54) is 12.1 Å². The van der Waals surface area contributed by atoms with E-state index >= 15 is 0 Å². The van der Waals surface area contributed by atoms with Crippen molar-refractivity contribution in [2.45, 2.75) is 11.8 Å². The molecule has 2 N–H and O–H groups in total. The SMILES string of the molecule is CCOCCNS(=O)(=O)c1ccc(Nc2nccc(-c3cnc4cccnn34)n2)cc1. The molecule has 31 heavy (non-hydrogen) atoms. The van der Waals surface area contributed by atoms with Gasteiger partial charge in [0, 0.05) is 31.2 Å². The van der Waals surface area contributed by atoms with Gasteiger partial charge < -0.3 is 10.1 Å². The van der Waals surface area contributed by atoms with E-state index in [0.717, 1.165) is 11.3 Å². The van der Waals surface area contributed by atoms with Crippen molar-refractivity contribution >= 4 is 27.3 Å². The summed E-state index contributed by atoms with van der Waals surface area (Å²) in [6.45, 7) is 2.94. The zero-order valence-electron chi connectivity index (χ0n) is 16.8. The summed E-state index contributed by atoms with van der Waals surface area (Å²) in [6.07, 6.45) is 5.01. The zero-order chi connectivity index (χ0) is 21.7. The fourth-order valence-corrected chi connectivity index (χ4v) is 3.90. The van der Waals surface area contributed by atoms with Crippen LogP contribution in [0.4, 0.5) is 11.6 Å². The lowest BCUT2D eigenvalue weighted by Crippen LogP contribution is -2.27. The summed E-state index contributed by atoms with van der Waals surface area (Å²) < 4.78 is 34.0. The fraction of sp³-hybridized carbons (Fsp3) is 0.200. The van der Waals surface area contributed by atoms with Crippen LogP contribution in [-0.4, -0.2) is 52.7 Å². The number of anilines is 2. The van der Waals surface area contributed by atoms with Crippen LogP contribution in [-0.2, 0) is 14.8 Å². The lowest BCUT2D eigenvalue weighted by Gasteiger charge is -2.09. The average molecular weight is 440 g/mol. The number of hydrogen-bond donors (Lipinski definition) is 2. The van der Waals surface area contributed by atoms with Crippen molar-refractivity contribution in [2.75, 3.05) is 25.1 Å². The molecule has 0 bridgehead atoms. The molecule has 0 atom stereocenters. The molecule has 3 heterocycles. The molecular weight excluding hydrogens is 418 g/mol. The molecule has 0 saturated heterocycles. The molecule has 0 aliphatic heterocycles. The Hall–Kier alpha value is -3.41. The summed E-state index contributed by atoms with van der Waals surface area (Å²) >= 11 is 0. The molecule has 1 aromatic carbocycles. The Morgan fingerprint density at radius 3 is 2.71 bits per heavy atom. The molecule has 10 nitrogen and oxygen atoms in total. The Kier molecular flexibility index (Phi) is 6.16. The highest BCUT2D eigenvalue weighted by Gasteiger charge is 2.13. The number of rotatable bonds is 9. The quantitative estimate of drug-likeness (QED) is 0.381. The van der Waals surface area contributed by atoms with E-state index in [0.29, 0.717) is 30.5 Å². The third kappa shape index (κ3) is 4.85. The van der Waals surface area contributed by atoms with Gasteiger partial charge in [0.25, 0.3) is 0 Å². The molecule has 11 heteroatoms. The van der Waals surface area contributed by atoms with Gasteiger partial charge in [0.05, 0.1) is 23.4 Å². The smallest absolute Gasteiger partial charge is 0.240 e. The van der Waals surface area contributed by atoms with E-state index in [1.54, 1.807) is 41.3 Å². The summed E-state index contributed by atoms with van der Waals surface area (Å²) in [5, 5.41) is 7.38. The first-order valence-corrected chi connectivity index (χ1v) is 11.1. The van der Waals surface area contributed by atoms with Crippen molar-refractivity contribution in [1.82, 2.24) is 29.3 Å². The number of imidazole rings is 1. The highest BCUT2D eigenvalue weighted by Crippen LogP contribution is 2.21. The minimum Gasteiger partial charge on any atom is -0.380 e. The molecule has 0 aliphatic rings. The maximum atomic E-state index is 12.3. The average Bonchev–Trinajstić information content (AvgIpc) is 3.22. The second-order valence-corrected chi connectivity index (χ2v) is 8.21. The van der Waals surface area contributed by atoms with Gasteiger partial charge in [-0.05, 0) is 49.4 Å². The summed E-state index contributed by atoms with van der Waals surface area (Å²) in [4.78, 5) is 13.2. The number of ether oxygens (including phenoxy) is 1. The first kappa shape index (κ1) is 20.8. The normalized spacial score (nSPS) is 11.6. The van der Waals surface area contributed by atoms with E-state index in [-0.39, 0.29) is 11.4 Å². The van der Waals surface area contributed by atoms with Gasteiger partial charge in [-0.1, -0.05) is 0 Å². The van der Waals surface area contributed by atoms with E-state index in [9.17, 15) is 8.42 Å². The Labute approximate surface area is 179 Å². The predicted molar refractivity (Wildman–Crippen MR) is 115 cm³/mol. The van der Waals surface area contributed by atoms with Crippen molar-refractivity contribution < 1.29 is 13.2 Å². The third-order valence-corrected chi connectivity index (χ3v) is 5.84. The molecule has 0 amide bonds. The highest BCUT2D eigenvalue weighted by atomic mass is 32.2. The van der Waals surface area contributed by atoms with Crippen LogP contribution >= 0.6 is 0 Å². The van der Waals surface area contributed by atoms with Gasteiger partial charge in [-0.3, -0.25) is 0 Å². The van der Waals surface area contributed by atoms with Crippen LogP contribution in [0.2, 0.25) is 0 Å². The highest BCUT2D eigenvalue weighted by molar-refractivity contribution is 7.89. The number of nitrogens with one attached hydrogen (secondary N) is 2. The monoisotopic (exact) mass is 439 g/mol. The number of fused-ring (bicyclic) bond motifs is 1. The Morgan fingerprint density at radius 2 is 1.90 bits per heavy atom. The molecule has 0 aliphatic carbocycles. The van der Waals surface area contributed by atoms with Crippen molar-refractivity contribution in [3.63, 3.8) is 0 Å². The van der Waals surface area contributed by atoms with E-state index in [2.05, 4.69) is 30.1 Å². The van der Waals surface area contributed by atoms with Crippen molar-refractivity contribution in [2.24, 2.45) is 0 Å². The molecule has 0 spiro atoms. The van der Waals surface area contributed by atoms with Crippen LogP contribution in [0.25, 0.3) is 17.0 Å². The second kappa shape index (κ2) is 9.16. The van der Waals surface area contributed by atoms with Gasteiger partial charge in [-0.15, -0.1) is 0 Å². The lowest BCUT2D eigenvalue weighted by atomic mass is 10.3. The first-order chi connectivity index (χ1) is 15.1. The number of hydrogen-bond acceptors (Lipinski definition) is 8. The Balaban J connectivity index is 1.48. The molecule has 0 unspecified atom stereocenters. The lowest BCUT2D eigenvalue weighted by molar-refractivity contribution is 0.153. The summed E-state index contributed by atoms with van der Waals surface area (Å²) in [7, 11) is -3.59. The van der Waals surface area contributed by atoms with Crippen LogP contribution < -0.4 is 10.0 Å². The number of nitrogens with zero attached hydrogens (tertiary/aromatic N) is 5. The van der Waals surface area contributed by atoms with Crippen molar-refractivity contribution in [3.05, 3.63) is 61.1 Å². The zero-order valence-corrected chi connectivity index (χ0v) is 17.6. The third-order valence-electron chi connectivity index (χ3n) is 4.36. The fourth-order valence-electron chi connectivity index (χ4n) is 2.89. The molecule has 0 radical (unpaired) electrons. The number of benzene rings is 1. The largest absolute Gasteiger partial charge is 0.380 e. The standard InChI is InChI=1S/C20H21N7O3S/c1-2-30-13-12-24-31(28,29)16-7-5-15(6-8-16)25-20-21-11-9-17(26-20)18-14-22-19-4-3-10-23-27(18)19/h3-11,14,24H,2,12-13H2,1H3,(H,21,25,26). The van der Waals surface area contributed by atoms with E-state index in [1.807, 2.05) is 19.1 Å². The van der Waals surface area contributed by atoms with E-state index in [4.69, 9.17) is 4.74 Å². The van der Waals surface area contributed by atoms with Gasteiger partial charge >= 0.3 is 0 Å². The molecule has 0 saturated carbocycles. The summed E-state index contributed by atoms with van der Waals surface area (Å²) in [6, 6.07) is 11.8. The molecule has 4 rings (SSSR count). The van der Waals surface area contributed by atoms with Crippen molar-refractivity contribution in [3.8, 4) is 11.4 Å². The second-order valence-electron chi connectivity index (χ2n) is 6.45. The van der Waals surface area contributed by atoms with Gasteiger partial charge in [-0.2, -0.15) is 5.10 Å². The number of aromatic nitrogens is 5. The number of sulfonamides is 1. The Bertz CT molecular complexity index is 1270. The van der Waals surface area contributed by atoms with Crippen LogP contribution in [0, 0.1) is 0 Å². The predicted octanol–water partition coefficient (Wildman–Crippen LogP) is 2.24. The minimum atomic E-state index is -3.59. The van der Waals surface area contributed by atoms with Crippen molar-refractivity contribution in [1.29, 1.82) is 0 Å². The maximum absolute atomic E-state index is 12.3. The summed E-state index contributed by atoms with van der Waals surface area (Å²) in [5.74, 6) is 0.369. The molecule has 3 aromatic heterocycles. The summed E-state index contributed by atoms with van der Waals surface area (Å²) in [5.41, 5.74) is 2.76. The van der Waals surface area contributed by atoms with Gasteiger partial charge in [0.2, 0.25) is 16.0 Å². The minimum absolute atomic E-state index is 0.168. The van der Waals surface area contributed by atoms with E-state index < -0.39 is 10.0 Å². The molecule has 160 valence electrons. The molecular formula is C20H21N7O3S. The van der Waals surface area contributed by atoms with Crippen LogP contribution in [0.15, 0.2) is 66.0 Å². The maximum Gasteiger partial charge on any atom is 0.240 e. The van der Waals surface area contributed by atoms with Gasteiger partial charge in [0.15, 0.2) is 5.65 Å². The topological polar surface area (TPSA) is 123 Å².